The van der Waals surface area contributed by atoms with E-state index >= 15 is 0 Å². The number of hydrogen-bond donors (Lipinski definition) is 6. The van der Waals surface area contributed by atoms with Crippen molar-refractivity contribution in [2.45, 2.75) is 0 Å². The van der Waals surface area contributed by atoms with Crippen LogP contribution in [0.25, 0.3) is 0 Å². The maximum absolute atomic E-state index is 8.63. The maximum Gasteiger partial charge on any atom is 3.00 e. The Kier molecular flexibility index (Phi) is 93.2. The Morgan fingerprint density at radius 2 is 0.346 bits per heavy atom. The molecule has 6 N–H and O–H groups in total. The Morgan fingerprint density at radius 1 is 0.346 bits per heavy atom. The summed E-state index contributed by atoms with van der Waals surface area (Å²) in [5, 5.41) is 0. The minimum atomic E-state index is -3.38. The number of hydrogen-bond acceptors (Lipinski definition) is 12. The van der Waals surface area contributed by atoms with E-state index in [1.807, 2.05) is 0 Å². The largest absolute Gasteiger partial charge is 3.00 e. The molecular formula is H12Nd2O18P6. The predicted molar refractivity (Wildman–Crippen MR) is 67.3 cm³/mol. The SMILES string of the molecule is O=[PH]([O-])O.O=[PH]([O-])O.O=[PH]([O-])O.O=[PH]([O-])O.O=[PH]([O-])O.O=[PH]([O-])O.[Nd+3].[Nd+3]. The third-order valence-electron chi connectivity index (χ3n) is 0. The van der Waals surface area contributed by atoms with Crippen molar-refractivity contribution in [2.24, 2.45) is 0 Å². The van der Waals surface area contributed by atoms with E-state index in [2.05, 4.69) is 0 Å². The van der Waals surface area contributed by atoms with Gasteiger partial charge in [-0.15, -0.1) is 0 Å². The van der Waals surface area contributed by atoms with Crippen LogP contribution in [0.1, 0.15) is 0 Å². The van der Waals surface area contributed by atoms with Crippen LogP contribution in [0.2, 0.25) is 0 Å². The first-order valence-corrected chi connectivity index (χ1v) is 11.4. The van der Waals surface area contributed by atoms with Gasteiger partial charge in [-0.25, -0.2) is 0 Å². The zero-order valence-corrected chi connectivity index (χ0v) is 24.0. The summed E-state index contributed by atoms with van der Waals surface area (Å²) in [4.78, 5) is 94.1. The molecule has 0 heterocycles. The van der Waals surface area contributed by atoms with Crippen LogP contribution < -0.4 is 29.4 Å². The van der Waals surface area contributed by atoms with Crippen molar-refractivity contribution in [3.63, 3.8) is 0 Å². The van der Waals surface area contributed by atoms with E-state index in [-0.39, 0.29) is 81.7 Å². The molecule has 0 spiro atoms. The van der Waals surface area contributed by atoms with Gasteiger partial charge in [0.1, 0.15) is 49.5 Å². The van der Waals surface area contributed by atoms with Crippen LogP contribution >= 0.6 is 49.5 Å². The average Bonchev–Trinajstić information content (AvgIpc) is 2.08. The molecule has 0 bridgehead atoms. The fraction of sp³-hybridized carbons (Fsp3) is 0. The Hall–Kier alpha value is 3.60. The van der Waals surface area contributed by atoms with Crippen LogP contribution in [-0.4, -0.2) is 29.4 Å². The molecule has 0 amide bonds. The van der Waals surface area contributed by atoms with Crippen molar-refractivity contribution in [3.05, 3.63) is 0 Å². The molecule has 0 aliphatic rings. The van der Waals surface area contributed by atoms with Gasteiger partial charge >= 0.3 is 81.7 Å². The van der Waals surface area contributed by atoms with E-state index in [0.29, 0.717) is 0 Å². The van der Waals surface area contributed by atoms with Crippen molar-refractivity contribution >= 4 is 49.5 Å². The van der Waals surface area contributed by atoms with Crippen molar-refractivity contribution in [2.75, 3.05) is 0 Å². The van der Waals surface area contributed by atoms with E-state index in [1.165, 1.54) is 0 Å². The quantitative estimate of drug-likeness (QED) is 0.124. The molecule has 0 aliphatic heterocycles. The molecule has 0 saturated carbocycles. The number of rotatable bonds is 0. The predicted octanol–water partition coefficient (Wildman–Crippen LogP) is -7.63. The summed E-state index contributed by atoms with van der Waals surface area (Å²) in [5.74, 6) is 0. The molecule has 158 valence electrons. The molecule has 0 aromatic carbocycles. The summed E-state index contributed by atoms with van der Waals surface area (Å²) in [7, 11) is -20.3. The minimum Gasteiger partial charge on any atom is -0.781 e. The first kappa shape index (κ1) is 51.9. The summed E-state index contributed by atoms with van der Waals surface area (Å²) in [5.41, 5.74) is 0. The van der Waals surface area contributed by atoms with Gasteiger partial charge in [-0.1, -0.05) is 0 Å². The molecule has 2 radical (unpaired) electrons. The molecule has 6 unspecified atom stereocenters. The first-order valence-electron chi connectivity index (χ1n) is 3.79. The van der Waals surface area contributed by atoms with Crippen molar-refractivity contribution in [1.82, 2.24) is 0 Å². The summed E-state index contributed by atoms with van der Waals surface area (Å²) in [6.07, 6.45) is 0. The normalized spacial score (nSPS) is 14.3. The summed E-state index contributed by atoms with van der Waals surface area (Å²) in [6.45, 7) is 0. The summed E-state index contributed by atoms with van der Waals surface area (Å²) < 4.78 is 51.8. The van der Waals surface area contributed by atoms with Gasteiger partial charge in [0.25, 0.3) is 0 Å². The van der Waals surface area contributed by atoms with Crippen molar-refractivity contribution < 1.29 is 168 Å². The van der Waals surface area contributed by atoms with Crippen LogP contribution in [0.5, 0.6) is 0 Å². The average molecular weight is 774 g/mol. The molecule has 6 atom stereocenters. The molecule has 18 nitrogen and oxygen atoms in total. The molecule has 26 heteroatoms. The fourth-order valence-corrected chi connectivity index (χ4v) is 0. The van der Waals surface area contributed by atoms with Gasteiger partial charge in [0.05, 0.1) is 0 Å². The molecule has 0 aliphatic carbocycles. The van der Waals surface area contributed by atoms with Gasteiger partial charge in [-0.2, -0.15) is 0 Å². The van der Waals surface area contributed by atoms with Crippen LogP contribution in [0, 0.1) is 81.7 Å². The van der Waals surface area contributed by atoms with Crippen LogP contribution in [-0.2, 0) is 27.4 Å². The van der Waals surface area contributed by atoms with Crippen molar-refractivity contribution in [3.8, 4) is 0 Å². The standard InChI is InChI=1S/2Nd.6H3O3P/c;;6*1-4(2)3/h;;6*4H,(H2,1,2,3)/q2*+3;;;;;;/p-6. The monoisotopic (exact) mass is 770 g/mol. The first-order chi connectivity index (χ1) is 10.4. The van der Waals surface area contributed by atoms with Gasteiger partial charge in [0.15, 0.2) is 0 Å². The second-order valence-electron chi connectivity index (χ2n) is 1.60. The molecule has 0 saturated heterocycles. The molecule has 0 aromatic heterocycles. The third-order valence-corrected chi connectivity index (χ3v) is 0. The van der Waals surface area contributed by atoms with E-state index in [9.17, 15) is 0 Å². The van der Waals surface area contributed by atoms with E-state index < -0.39 is 49.5 Å². The molecule has 0 fully saturated rings. The zero-order valence-electron chi connectivity index (χ0n) is 11.6. The van der Waals surface area contributed by atoms with Gasteiger partial charge in [-0.05, 0) is 0 Å². The Balaban J connectivity index is -0.0000000245. The van der Waals surface area contributed by atoms with Gasteiger partial charge in [-0.3, -0.25) is 0 Å². The smallest absolute Gasteiger partial charge is 0.781 e. The van der Waals surface area contributed by atoms with Crippen molar-refractivity contribution in [1.29, 1.82) is 0 Å². The Bertz CT molecular complexity index is 261. The second-order valence-corrected chi connectivity index (χ2v) is 4.79. The van der Waals surface area contributed by atoms with E-state index in [1.54, 1.807) is 0 Å². The summed E-state index contributed by atoms with van der Waals surface area (Å²) >= 11 is 0. The van der Waals surface area contributed by atoms with Gasteiger partial charge in [0.2, 0.25) is 0 Å². The van der Waals surface area contributed by atoms with E-state index in [4.69, 9.17) is 86.1 Å². The topological polar surface area (TPSA) is 362 Å². The van der Waals surface area contributed by atoms with Crippen LogP contribution in [0.15, 0.2) is 0 Å². The zero-order chi connectivity index (χ0) is 21.5. The molecule has 0 rings (SSSR count). The molecule has 0 aromatic rings. The van der Waals surface area contributed by atoms with Crippen LogP contribution in [0.4, 0.5) is 0 Å². The van der Waals surface area contributed by atoms with E-state index in [0.717, 1.165) is 0 Å². The minimum absolute atomic E-state index is 0. The van der Waals surface area contributed by atoms with Gasteiger partial charge in [0, 0.05) is 0 Å². The third kappa shape index (κ3) is 1510. The Labute approximate surface area is 214 Å². The summed E-state index contributed by atoms with van der Waals surface area (Å²) in [6, 6.07) is 0. The second kappa shape index (κ2) is 46.7. The Morgan fingerprint density at radius 3 is 0.346 bits per heavy atom. The molecular weight excluding hydrogens is 762 g/mol. The van der Waals surface area contributed by atoms with Gasteiger partial charge < -0.3 is 86.1 Å². The van der Waals surface area contributed by atoms with Crippen LogP contribution in [0.3, 0.4) is 0 Å². The fourth-order valence-electron chi connectivity index (χ4n) is 0. The molecule has 26 heavy (non-hydrogen) atoms. The maximum atomic E-state index is 8.63.